The van der Waals surface area contributed by atoms with Crippen LogP contribution in [0.5, 0.6) is 0 Å². The van der Waals surface area contributed by atoms with Gasteiger partial charge in [-0.2, -0.15) is 5.26 Å². The van der Waals surface area contributed by atoms with Crippen LogP contribution in [0.2, 0.25) is 0 Å². The molecule has 14 heavy (non-hydrogen) atoms. The lowest BCUT2D eigenvalue weighted by Gasteiger charge is -2.19. The average molecular weight is 193 g/mol. The minimum absolute atomic E-state index is 0.113. The Morgan fingerprint density at radius 3 is 2.86 bits per heavy atom. The molecule has 0 radical (unpaired) electrons. The molecule has 0 aromatic rings. The molecule has 78 valence electrons. The van der Waals surface area contributed by atoms with Crippen LogP contribution < -0.4 is 0 Å². The minimum Gasteiger partial charge on any atom is -0.377 e. The van der Waals surface area contributed by atoms with Crippen LogP contribution in [0.3, 0.4) is 0 Å². The molecule has 1 aliphatic rings. The molecule has 1 fully saturated rings. The molecule has 0 amide bonds. The maximum atomic E-state index is 8.99. The fourth-order valence-corrected chi connectivity index (χ4v) is 1.92. The van der Waals surface area contributed by atoms with Crippen LogP contribution in [0.25, 0.3) is 0 Å². The van der Waals surface area contributed by atoms with Crippen molar-refractivity contribution in [1.29, 1.82) is 5.26 Å². The van der Waals surface area contributed by atoms with E-state index in [1.807, 2.05) is 6.08 Å². The monoisotopic (exact) mass is 193 g/mol. The topological polar surface area (TPSA) is 33.0 Å². The third-order valence-corrected chi connectivity index (χ3v) is 2.77. The van der Waals surface area contributed by atoms with E-state index in [1.165, 1.54) is 19.3 Å². The summed E-state index contributed by atoms with van der Waals surface area (Å²) in [6.45, 7) is 4.37. The van der Waals surface area contributed by atoms with Crippen molar-refractivity contribution < 1.29 is 4.74 Å². The van der Waals surface area contributed by atoms with Gasteiger partial charge in [-0.1, -0.05) is 25.3 Å². The number of rotatable bonds is 4. The van der Waals surface area contributed by atoms with E-state index in [-0.39, 0.29) is 12.0 Å². The zero-order chi connectivity index (χ0) is 10.2. The van der Waals surface area contributed by atoms with E-state index in [1.54, 1.807) is 0 Å². The molecule has 0 aromatic carbocycles. The second-order valence-corrected chi connectivity index (χ2v) is 3.86. The first-order valence-corrected chi connectivity index (χ1v) is 5.50. The summed E-state index contributed by atoms with van der Waals surface area (Å²) in [5.41, 5.74) is 0. The summed E-state index contributed by atoms with van der Waals surface area (Å²) in [5, 5.41) is 8.99. The van der Waals surface area contributed by atoms with Crippen molar-refractivity contribution in [3.05, 3.63) is 12.7 Å². The van der Waals surface area contributed by atoms with Gasteiger partial charge in [0, 0.05) is 0 Å². The zero-order valence-corrected chi connectivity index (χ0v) is 8.74. The zero-order valence-electron chi connectivity index (χ0n) is 8.74. The van der Waals surface area contributed by atoms with Gasteiger partial charge in [0.1, 0.15) is 0 Å². The number of nitriles is 1. The van der Waals surface area contributed by atoms with Crippen LogP contribution in [0.15, 0.2) is 12.7 Å². The van der Waals surface area contributed by atoms with Gasteiger partial charge in [0.2, 0.25) is 0 Å². The summed E-state index contributed by atoms with van der Waals surface area (Å²) in [6, 6.07) is 2.37. The van der Waals surface area contributed by atoms with Crippen LogP contribution >= 0.6 is 0 Å². The quantitative estimate of drug-likeness (QED) is 0.390. The molecule has 2 nitrogen and oxygen atoms in total. The number of nitrogens with zero attached hydrogens (tertiary/aromatic N) is 1. The average Bonchev–Trinajstić information content (AvgIpc) is 2.43. The second kappa shape index (κ2) is 6.62. The Kier molecular flexibility index (Phi) is 5.32. The molecule has 0 spiro atoms. The van der Waals surface area contributed by atoms with Crippen molar-refractivity contribution in [1.82, 2.24) is 0 Å². The fourth-order valence-electron chi connectivity index (χ4n) is 1.92. The Hall–Kier alpha value is -0.810. The number of hydrogen-bond acceptors (Lipinski definition) is 2. The summed E-state index contributed by atoms with van der Waals surface area (Å²) in [6.07, 6.45) is 8.61. The molecule has 1 aliphatic carbocycles. The van der Waals surface area contributed by atoms with Gasteiger partial charge < -0.3 is 4.74 Å². The highest BCUT2D eigenvalue weighted by atomic mass is 16.5. The maximum Gasteiger partial charge on any atom is 0.0733 e. The van der Waals surface area contributed by atoms with Gasteiger partial charge in [0.05, 0.1) is 24.7 Å². The Morgan fingerprint density at radius 2 is 2.14 bits per heavy atom. The molecule has 0 aromatic heterocycles. The molecule has 0 saturated heterocycles. The molecule has 1 rings (SSSR count). The Bertz CT molecular complexity index is 207. The third-order valence-electron chi connectivity index (χ3n) is 2.77. The van der Waals surface area contributed by atoms with Crippen LogP contribution in [-0.2, 0) is 4.74 Å². The van der Waals surface area contributed by atoms with Crippen molar-refractivity contribution in [2.45, 2.75) is 44.6 Å². The van der Waals surface area contributed by atoms with E-state index in [0.29, 0.717) is 6.61 Å². The Labute approximate surface area is 86.6 Å². The summed E-state index contributed by atoms with van der Waals surface area (Å²) in [5.74, 6) is 0.113. The predicted molar refractivity (Wildman–Crippen MR) is 56.7 cm³/mol. The highest BCUT2D eigenvalue weighted by molar-refractivity contribution is 4.90. The first-order chi connectivity index (χ1) is 6.88. The normalized spacial score (nSPS) is 27.6. The molecule has 2 unspecified atom stereocenters. The van der Waals surface area contributed by atoms with Crippen LogP contribution in [-0.4, -0.2) is 12.7 Å². The number of ether oxygens (including phenoxy) is 1. The first kappa shape index (κ1) is 11.3. The van der Waals surface area contributed by atoms with E-state index >= 15 is 0 Å². The lowest BCUT2D eigenvalue weighted by Crippen LogP contribution is -2.22. The van der Waals surface area contributed by atoms with Crippen LogP contribution in [0.1, 0.15) is 38.5 Å². The van der Waals surface area contributed by atoms with E-state index in [2.05, 4.69) is 12.6 Å². The number of hydrogen-bond donors (Lipinski definition) is 0. The predicted octanol–water partition coefficient (Wildman–Crippen LogP) is 3.05. The third kappa shape index (κ3) is 3.51. The van der Waals surface area contributed by atoms with Gasteiger partial charge in [-0.15, -0.1) is 6.58 Å². The minimum atomic E-state index is 0.113. The summed E-state index contributed by atoms with van der Waals surface area (Å²) < 4.78 is 5.71. The van der Waals surface area contributed by atoms with E-state index in [4.69, 9.17) is 10.00 Å². The second-order valence-electron chi connectivity index (χ2n) is 3.86. The summed E-state index contributed by atoms with van der Waals surface area (Å²) >= 11 is 0. The lowest BCUT2D eigenvalue weighted by atomic mass is 9.99. The van der Waals surface area contributed by atoms with E-state index in [9.17, 15) is 0 Å². The highest BCUT2D eigenvalue weighted by Crippen LogP contribution is 2.25. The summed E-state index contributed by atoms with van der Waals surface area (Å²) in [7, 11) is 0. The van der Waals surface area contributed by atoms with Crippen LogP contribution in [0, 0.1) is 17.2 Å². The molecule has 2 heteroatoms. The van der Waals surface area contributed by atoms with Crippen molar-refractivity contribution in [3.8, 4) is 6.07 Å². The van der Waals surface area contributed by atoms with Crippen molar-refractivity contribution in [3.63, 3.8) is 0 Å². The molecule has 0 heterocycles. The standard InChI is InChI=1S/C12H19NO/c1-2-3-9-14-12-8-6-4-5-7-11(12)10-13/h2,11-12H,1,3-9H2. The SMILES string of the molecule is C=CCCOC1CCCCCC1C#N. The smallest absolute Gasteiger partial charge is 0.0733 e. The molecular weight excluding hydrogens is 174 g/mol. The van der Waals surface area contributed by atoms with E-state index < -0.39 is 0 Å². The lowest BCUT2D eigenvalue weighted by molar-refractivity contribution is 0.0260. The Morgan fingerprint density at radius 1 is 1.36 bits per heavy atom. The van der Waals surface area contributed by atoms with Gasteiger partial charge in [-0.25, -0.2) is 0 Å². The van der Waals surface area contributed by atoms with Gasteiger partial charge in [0.15, 0.2) is 0 Å². The van der Waals surface area contributed by atoms with Gasteiger partial charge in [-0.3, -0.25) is 0 Å². The van der Waals surface area contributed by atoms with Gasteiger partial charge in [0.25, 0.3) is 0 Å². The van der Waals surface area contributed by atoms with Crippen molar-refractivity contribution in [2.24, 2.45) is 5.92 Å². The molecule has 0 aliphatic heterocycles. The molecule has 1 saturated carbocycles. The van der Waals surface area contributed by atoms with Crippen molar-refractivity contribution >= 4 is 0 Å². The van der Waals surface area contributed by atoms with Gasteiger partial charge in [-0.05, 0) is 19.3 Å². The van der Waals surface area contributed by atoms with E-state index in [0.717, 1.165) is 19.3 Å². The van der Waals surface area contributed by atoms with Gasteiger partial charge >= 0.3 is 0 Å². The fraction of sp³-hybridized carbons (Fsp3) is 0.750. The summed E-state index contributed by atoms with van der Waals surface area (Å²) in [4.78, 5) is 0. The maximum absolute atomic E-state index is 8.99. The highest BCUT2D eigenvalue weighted by Gasteiger charge is 2.23. The largest absolute Gasteiger partial charge is 0.377 e. The molecule has 0 bridgehead atoms. The molecule has 2 atom stereocenters. The molecular formula is C12H19NO. The first-order valence-electron chi connectivity index (χ1n) is 5.50. The molecule has 0 N–H and O–H groups in total. The Balaban J connectivity index is 2.36. The van der Waals surface area contributed by atoms with Crippen molar-refractivity contribution in [2.75, 3.05) is 6.61 Å². The van der Waals surface area contributed by atoms with Crippen LogP contribution in [0.4, 0.5) is 0 Å².